The summed E-state index contributed by atoms with van der Waals surface area (Å²) in [5.41, 5.74) is 2.15. The number of ether oxygens (including phenoxy) is 2. The molecule has 1 unspecified atom stereocenters. The maximum atomic E-state index is 13.2. The summed E-state index contributed by atoms with van der Waals surface area (Å²) < 4.78 is 27.1. The number of piperidine rings is 1. The molecule has 0 radical (unpaired) electrons. The molecule has 0 spiro atoms. The van der Waals surface area contributed by atoms with E-state index in [1.54, 1.807) is 0 Å². The number of fused-ring (bicyclic) bond motifs is 1. The number of rotatable bonds is 5. The van der Waals surface area contributed by atoms with Crippen molar-refractivity contribution in [1.82, 2.24) is 14.5 Å². The Labute approximate surface area is 193 Å². The van der Waals surface area contributed by atoms with Crippen LogP contribution in [-0.2, 0) is 17.8 Å². The molecule has 6 nitrogen and oxygen atoms in total. The molecule has 1 atom stereocenters. The lowest BCUT2D eigenvalue weighted by Crippen LogP contribution is -2.49. The summed E-state index contributed by atoms with van der Waals surface area (Å²) >= 11 is 0. The fraction of sp³-hybridized carbons (Fsp3) is 0.385. The minimum Gasteiger partial charge on any atom is -0.485 e. The topological polar surface area (TPSA) is 56.6 Å². The molecule has 2 aliphatic heterocycles. The van der Waals surface area contributed by atoms with Gasteiger partial charge in [0.15, 0.2) is 11.5 Å². The van der Waals surface area contributed by atoms with E-state index in [0.29, 0.717) is 37.1 Å². The summed E-state index contributed by atoms with van der Waals surface area (Å²) in [5.74, 6) is 2.59. The van der Waals surface area contributed by atoms with Crippen molar-refractivity contribution in [3.8, 4) is 11.5 Å². The fourth-order valence-electron chi connectivity index (χ4n) is 4.62. The predicted molar refractivity (Wildman–Crippen MR) is 122 cm³/mol. The SMILES string of the molecule is Cc1cnc(CC2CCN(C(=O)C3COc4ccccc4O3)CC2)n1Cc1ccc(F)cc1. The van der Waals surface area contributed by atoms with Crippen molar-refractivity contribution >= 4 is 5.91 Å². The molecule has 1 fully saturated rings. The van der Waals surface area contributed by atoms with E-state index in [0.717, 1.165) is 36.3 Å². The number of carbonyl (C=O) groups is 1. The van der Waals surface area contributed by atoms with Crippen LogP contribution in [0.15, 0.2) is 54.7 Å². The van der Waals surface area contributed by atoms with Crippen LogP contribution >= 0.6 is 0 Å². The summed E-state index contributed by atoms with van der Waals surface area (Å²) in [5, 5.41) is 0. The highest BCUT2D eigenvalue weighted by Crippen LogP contribution is 2.32. The van der Waals surface area contributed by atoms with Crippen LogP contribution in [0.3, 0.4) is 0 Å². The van der Waals surface area contributed by atoms with Gasteiger partial charge in [-0.25, -0.2) is 9.37 Å². The van der Waals surface area contributed by atoms with Gasteiger partial charge in [-0.2, -0.15) is 0 Å². The Morgan fingerprint density at radius 1 is 1.09 bits per heavy atom. The van der Waals surface area contributed by atoms with Gasteiger partial charge < -0.3 is 18.9 Å². The number of imidazole rings is 1. The van der Waals surface area contributed by atoms with Gasteiger partial charge in [-0.3, -0.25) is 4.79 Å². The summed E-state index contributed by atoms with van der Waals surface area (Å²) in [6, 6.07) is 14.1. The first-order valence-electron chi connectivity index (χ1n) is 11.5. The van der Waals surface area contributed by atoms with Crippen LogP contribution in [0.25, 0.3) is 0 Å². The van der Waals surface area contributed by atoms with Crippen molar-refractivity contribution < 1.29 is 18.7 Å². The maximum absolute atomic E-state index is 13.2. The summed E-state index contributed by atoms with van der Waals surface area (Å²) in [6.07, 6.45) is 4.04. The zero-order chi connectivity index (χ0) is 22.8. The van der Waals surface area contributed by atoms with Crippen LogP contribution in [0.5, 0.6) is 11.5 Å². The molecular formula is C26H28FN3O3. The molecule has 33 heavy (non-hydrogen) atoms. The van der Waals surface area contributed by atoms with Gasteiger partial charge in [0.1, 0.15) is 18.2 Å². The van der Waals surface area contributed by atoms with Crippen LogP contribution in [0.4, 0.5) is 4.39 Å². The summed E-state index contributed by atoms with van der Waals surface area (Å²) in [4.78, 5) is 19.5. The molecule has 2 aromatic carbocycles. The molecule has 172 valence electrons. The van der Waals surface area contributed by atoms with E-state index in [2.05, 4.69) is 9.55 Å². The second kappa shape index (κ2) is 9.25. The van der Waals surface area contributed by atoms with E-state index >= 15 is 0 Å². The molecule has 0 aliphatic carbocycles. The lowest BCUT2D eigenvalue weighted by atomic mass is 9.93. The third kappa shape index (κ3) is 4.72. The standard InChI is InChI=1S/C26H28FN3O3/c1-18-15-28-25(30(18)16-20-6-8-21(27)9-7-20)14-19-10-12-29(13-11-19)26(31)24-17-32-22-4-2-3-5-23(22)33-24/h2-9,15,19,24H,10-14,16-17H2,1H3. The molecule has 5 rings (SSSR count). The molecule has 7 heteroatoms. The predicted octanol–water partition coefficient (Wildman–Crippen LogP) is 4.00. The number of hydrogen-bond acceptors (Lipinski definition) is 4. The number of halogens is 1. The number of carbonyl (C=O) groups excluding carboxylic acids is 1. The second-order valence-corrected chi connectivity index (χ2v) is 8.87. The quantitative estimate of drug-likeness (QED) is 0.591. The Hall–Kier alpha value is -3.35. The monoisotopic (exact) mass is 449 g/mol. The molecule has 0 saturated carbocycles. The first kappa shape index (κ1) is 21.5. The van der Waals surface area contributed by atoms with Crippen molar-refractivity contribution in [3.63, 3.8) is 0 Å². The van der Waals surface area contributed by atoms with Gasteiger partial charge in [-0.05, 0) is 55.5 Å². The molecule has 3 heterocycles. The largest absolute Gasteiger partial charge is 0.485 e. The average molecular weight is 450 g/mol. The third-order valence-corrected chi connectivity index (χ3v) is 6.57. The van der Waals surface area contributed by atoms with E-state index in [-0.39, 0.29) is 18.3 Å². The maximum Gasteiger partial charge on any atom is 0.267 e. The van der Waals surface area contributed by atoms with Gasteiger partial charge in [0.05, 0.1) is 0 Å². The van der Waals surface area contributed by atoms with Crippen LogP contribution in [-0.4, -0.2) is 46.2 Å². The number of hydrogen-bond donors (Lipinski definition) is 0. The van der Waals surface area contributed by atoms with Gasteiger partial charge in [0.2, 0.25) is 6.10 Å². The van der Waals surface area contributed by atoms with Gasteiger partial charge in [0.25, 0.3) is 5.91 Å². The number of aryl methyl sites for hydroxylation is 1. The number of benzene rings is 2. The Morgan fingerprint density at radius 2 is 1.82 bits per heavy atom. The lowest BCUT2D eigenvalue weighted by molar-refractivity contribution is -0.142. The summed E-state index contributed by atoms with van der Waals surface area (Å²) in [7, 11) is 0. The summed E-state index contributed by atoms with van der Waals surface area (Å²) in [6.45, 7) is 4.39. The second-order valence-electron chi connectivity index (χ2n) is 8.87. The normalized spacial score (nSPS) is 18.4. The molecular weight excluding hydrogens is 421 g/mol. The minimum absolute atomic E-state index is 0.00314. The number of aromatic nitrogens is 2. The number of nitrogens with zero attached hydrogens (tertiary/aromatic N) is 3. The molecule has 1 aromatic heterocycles. The van der Waals surface area contributed by atoms with E-state index in [4.69, 9.17) is 9.47 Å². The van der Waals surface area contributed by atoms with Crippen molar-refractivity contribution in [2.75, 3.05) is 19.7 Å². The van der Waals surface area contributed by atoms with Gasteiger partial charge in [-0.1, -0.05) is 24.3 Å². The van der Waals surface area contributed by atoms with E-state index in [9.17, 15) is 9.18 Å². The van der Waals surface area contributed by atoms with Gasteiger partial charge >= 0.3 is 0 Å². The minimum atomic E-state index is -0.589. The highest BCUT2D eigenvalue weighted by Gasteiger charge is 2.33. The van der Waals surface area contributed by atoms with Crippen molar-refractivity contribution in [2.24, 2.45) is 5.92 Å². The highest BCUT2D eigenvalue weighted by molar-refractivity contribution is 5.82. The number of likely N-dealkylation sites (tertiary alicyclic amines) is 1. The zero-order valence-electron chi connectivity index (χ0n) is 18.7. The van der Waals surface area contributed by atoms with Crippen LogP contribution in [0.2, 0.25) is 0 Å². The van der Waals surface area contributed by atoms with Crippen molar-refractivity contribution in [2.45, 2.75) is 38.8 Å². The molecule has 1 saturated heterocycles. The Kier molecular flexibility index (Phi) is 6.03. The highest BCUT2D eigenvalue weighted by atomic mass is 19.1. The zero-order valence-corrected chi connectivity index (χ0v) is 18.7. The molecule has 0 bridgehead atoms. The molecule has 2 aliphatic rings. The van der Waals surface area contributed by atoms with E-state index in [1.807, 2.05) is 54.4 Å². The van der Waals surface area contributed by atoms with Crippen LogP contribution < -0.4 is 9.47 Å². The van der Waals surface area contributed by atoms with E-state index in [1.165, 1.54) is 12.1 Å². The smallest absolute Gasteiger partial charge is 0.267 e. The van der Waals surface area contributed by atoms with E-state index < -0.39 is 6.10 Å². The molecule has 3 aromatic rings. The lowest BCUT2D eigenvalue weighted by Gasteiger charge is -2.35. The third-order valence-electron chi connectivity index (χ3n) is 6.57. The van der Waals surface area contributed by atoms with Gasteiger partial charge in [0, 0.05) is 37.9 Å². The Morgan fingerprint density at radius 3 is 2.58 bits per heavy atom. The molecule has 1 amide bonds. The first-order chi connectivity index (χ1) is 16.1. The number of para-hydroxylation sites is 2. The number of amides is 1. The first-order valence-corrected chi connectivity index (χ1v) is 11.5. The van der Waals surface area contributed by atoms with Crippen molar-refractivity contribution in [1.29, 1.82) is 0 Å². The molecule has 0 N–H and O–H groups in total. The van der Waals surface area contributed by atoms with Crippen LogP contribution in [0, 0.1) is 18.7 Å². The Balaban J connectivity index is 1.17. The van der Waals surface area contributed by atoms with Gasteiger partial charge in [-0.15, -0.1) is 0 Å². The fourth-order valence-corrected chi connectivity index (χ4v) is 4.62. The van der Waals surface area contributed by atoms with Crippen LogP contribution in [0.1, 0.15) is 29.9 Å². The average Bonchev–Trinajstić information content (AvgIpc) is 3.19. The van der Waals surface area contributed by atoms with Crippen molar-refractivity contribution in [3.05, 3.63) is 77.6 Å². The Bertz CT molecular complexity index is 1120.